The van der Waals surface area contributed by atoms with Crippen LogP contribution in [-0.2, 0) is 19.6 Å². The number of sulfonamides is 1. The Morgan fingerprint density at radius 2 is 1.87 bits per heavy atom. The first-order chi connectivity index (χ1) is 14.8. The van der Waals surface area contributed by atoms with Gasteiger partial charge in [0.2, 0.25) is 5.91 Å². The second-order valence-electron chi connectivity index (χ2n) is 7.85. The van der Waals surface area contributed by atoms with Crippen molar-refractivity contribution in [3.05, 3.63) is 47.5 Å². The molecule has 0 atom stereocenters. The number of amides is 1. The van der Waals surface area contributed by atoms with Gasteiger partial charge < -0.3 is 15.0 Å². The second-order valence-corrected chi connectivity index (χ2v) is 9.91. The van der Waals surface area contributed by atoms with Crippen LogP contribution in [-0.4, -0.2) is 40.6 Å². The number of hydrogen-bond donors (Lipinski definition) is 2. The van der Waals surface area contributed by atoms with Gasteiger partial charge in [-0.3, -0.25) is 9.52 Å². The van der Waals surface area contributed by atoms with Crippen molar-refractivity contribution in [1.29, 1.82) is 0 Å². The van der Waals surface area contributed by atoms with Gasteiger partial charge in [-0.05, 0) is 42.7 Å². The molecule has 2 N–H and O–H groups in total. The molecule has 1 saturated heterocycles. The summed E-state index contributed by atoms with van der Waals surface area (Å²) in [6, 6.07) is 11.6. The van der Waals surface area contributed by atoms with E-state index in [-0.39, 0.29) is 10.8 Å². The SMILES string of the molecule is CC(C)CCC(=O)Nc1ccc(N2CCOCC2)c(S(=O)(=O)Nc2ccccc2Cl)c1. The lowest BCUT2D eigenvalue weighted by atomic mass is 10.1. The molecular formula is C22H28ClN3O4S. The van der Waals surface area contributed by atoms with E-state index in [1.165, 1.54) is 6.07 Å². The first kappa shape index (κ1) is 23.4. The molecule has 1 aliphatic heterocycles. The van der Waals surface area contributed by atoms with Crippen molar-refractivity contribution in [2.75, 3.05) is 41.2 Å². The molecular weight excluding hydrogens is 438 g/mol. The van der Waals surface area contributed by atoms with E-state index in [2.05, 4.69) is 23.9 Å². The number of anilines is 3. The van der Waals surface area contributed by atoms with Crippen molar-refractivity contribution in [2.24, 2.45) is 5.92 Å². The number of nitrogens with one attached hydrogen (secondary N) is 2. The largest absolute Gasteiger partial charge is 0.378 e. The number of carbonyl (C=O) groups excluding carboxylic acids is 1. The van der Waals surface area contributed by atoms with Crippen LogP contribution >= 0.6 is 11.6 Å². The zero-order chi connectivity index (χ0) is 22.4. The summed E-state index contributed by atoms with van der Waals surface area (Å²) >= 11 is 6.16. The highest BCUT2D eigenvalue weighted by molar-refractivity contribution is 7.93. The molecule has 168 valence electrons. The van der Waals surface area contributed by atoms with Crippen LogP contribution in [0.2, 0.25) is 5.02 Å². The molecule has 1 heterocycles. The topological polar surface area (TPSA) is 87.7 Å². The molecule has 0 saturated carbocycles. The van der Waals surface area contributed by atoms with Gasteiger partial charge in [-0.15, -0.1) is 0 Å². The summed E-state index contributed by atoms with van der Waals surface area (Å²) in [6.45, 7) is 6.30. The molecule has 0 spiro atoms. The third kappa shape index (κ3) is 6.35. The second kappa shape index (κ2) is 10.3. The number of nitrogens with zero attached hydrogens (tertiary/aromatic N) is 1. The van der Waals surface area contributed by atoms with Crippen LogP contribution in [0.1, 0.15) is 26.7 Å². The highest BCUT2D eigenvalue weighted by Crippen LogP contribution is 2.32. The van der Waals surface area contributed by atoms with Gasteiger partial charge in [-0.2, -0.15) is 0 Å². The van der Waals surface area contributed by atoms with Crippen LogP contribution in [0.3, 0.4) is 0 Å². The Morgan fingerprint density at radius 1 is 1.16 bits per heavy atom. The van der Waals surface area contributed by atoms with Crippen molar-refractivity contribution >= 4 is 44.6 Å². The Hall–Kier alpha value is -2.29. The minimum absolute atomic E-state index is 0.0796. The highest BCUT2D eigenvalue weighted by Gasteiger charge is 2.25. The molecule has 0 aliphatic carbocycles. The maximum absolute atomic E-state index is 13.3. The third-order valence-electron chi connectivity index (χ3n) is 4.95. The van der Waals surface area contributed by atoms with Crippen molar-refractivity contribution in [2.45, 2.75) is 31.6 Å². The fraction of sp³-hybridized carbons (Fsp3) is 0.409. The van der Waals surface area contributed by atoms with Gasteiger partial charge in [0, 0.05) is 25.2 Å². The minimum atomic E-state index is -3.97. The van der Waals surface area contributed by atoms with E-state index < -0.39 is 10.0 Å². The molecule has 0 radical (unpaired) electrons. The van der Waals surface area contributed by atoms with Gasteiger partial charge in [0.1, 0.15) is 4.90 Å². The van der Waals surface area contributed by atoms with Crippen molar-refractivity contribution in [3.63, 3.8) is 0 Å². The smallest absolute Gasteiger partial charge is 0.264 e. The quantitative estimate of drug-likeness (QED) is 0.605. The van der Waals surface area contributed by atoms with Gasteiger partial charge in [0.25, 0.3) is 10.0 Å². The molecule has 31 heavy (non-hydrogen) atoms. The van der Waals surface area contributed by atoms with Gasteiger partial charge in [0.05, 0.1) is 29.6 Å². The average molecular weight is 466 g/mol. The number of hydrogen-bond acceptors (Lipinski definition) is 5. The van der Waals surface area contributed by atoms with E-state index in [4.69, 9.17) is 16.3 Å². The number of rotatable bonds is 8. The van der Waals surface area contributed by atoms with Crippen LogP contribution < -0.4 is 14.9 Å². The summed E-state index contributed by atoms with van der Waals surface area (Å²) in [5.74, 6) is 0.264. The molecule has 1 amide bonds. The summed E-state index contributed by atoms with van der Waals surface area (Å²) in [5.41, 5.74) is 1.29. The Balaban J connectivity index is 1.93. The summed E-state index contributed by atoms with van der Waals surface area (Å²) < 4.78 is 34.6. The predicted molar refractivity (Wildman–Crippen MR) is 124 cm³/mol. The van der Waals surface area contributed by atoms with Crippen LogP contribution in [0.5, 0.6) is 0 Å². The third-order valence-corrected chi connectivity index (χ3v) is 6.68. The Morgan fingerprint density at radius 3 is 2.55 bits per heavy atom. The zero-order valence-corrected chi connectivity index (χ0v) is 19.3. The maximum atomic E-state index is 13.3. The first-order valence-corrected chi connectivity index (χ1v) is 12.2. The van der Waals surface area contributed by atoms with Gasteiger partial charge in [0.15, 0.2) is 0 Å². The monoisotopic (exact) mass is 465 g/mol. The lowest BCUT2D eigenvalue weighted by Gasteiger charge is -2.30. The molecule has 0 bridgehead atoms. The fourth-order valence-corrected chi connectivity index (χ4v) is 4.83. The van der Waals surface area contributed by atoms with E-state index in [1.54, 1.807) is 36.4 Å². The van der Waals surface area contributed by atoms with Crippen molar-refractivity contribution in [3.8, 4) is 0 Å². The molecule has 9 heteroatoms. The molecule has 0 unspecified atom stereocenters. The summed E-state index contributed by atoms with van der Waals surface area (Å²) in [6.07, 6.45) is 1.14. The number of benzene rings is 2. The molecule has 1 fully saturated rings. The Labute approximate surface area is 188 Å². The molecule has 2 aromatic rings. The van der Waals surface area contributed by atoms with Gasteiger partial charge in [-0.1, -0.05) is 37.6 Å². The van der Waals surface area contributed by atoms with Crippen LogP contribution in [0.15, 0.2) is 47.4 Å². The van der Waals surface area contributed by atoms with Crippen LogP contribution in [0, 0.1) is 5.92 Å². The predicted octanol–water partition coefficient (Wildman–Crippen LogP) is 4.35. The minimum Gasteiger partial charge on any atom is -0.378 e. The Kier molecular flexibility index (Phi) is 7.80. The van der Waals surface area contributed by atoms with E-state index >= 15 is 0 Å². The molecule has 0 aromatic heterocycles. The number of ether oxygens (including phenoxy) is 1. The molecule has 7 nitrogen and oxygen atoms in total. The lowest BCUT2D eigenvalue weighted by Crippen LogP contribution is -2.37. The maximum Gasteiger partial charge on any atom is 0.264 e. The van der Waals surface area contributed by atoms with Crippen LogP contribution in [0.25, 0.3) is 0 Å². The fourth-order valence-electron chi connectivity index (χ4n) is 3.26. The van der Waals surface area contributed by atoms with E-state index in [0.29, 0.717) is 60.7 Å². The van der Waals surface area contributed by atoms with E-state index in [9.17, 15) is 13.2 Å². The summed E-state index contributed by atoms with van der Waals surface area (Å²) in [7, 11) is -3.97. The standard InChI is InChI=1S/C22H28ClN3O4S/c1-16(2)7-10-22(27)24-17-8-9-20(26-11-13-30-14-12-26)21(15-17)31(28,29)25-19-6-4-3-5-18(19)23/h3-6,8-9,15-16,25H,7,10-14H2,1-2H3,(H,24,27). The molecule has 3 rings (SSSR count). The first-order valence-electron chi connectivity index (χ1n) is 10.3. The number of morpholine rings is 1. The van der Waals surface area contributed by atoms with Crippen molar-refractivity contribution < 1.29 is 17.9 Å². The lowest BCUT2D eigenvalue weighted by molar-refractivity contribution is -0.116. The van der Waals surface area contributed by atoms with Crippen LogP contribution in [0.4, 0.5) is 17.1 Å². The zero-order valence-electron chi connectivity index (χ0n) is 17.7. The highest BCUT2D eigenvalue weighted by atomic mass is 35.5. The Bertz CT molecular complexity index is 1020. The van der Waals surface area contributed by atoms with E-state index in [0.717, 1.165) is 6.42 Å². The van der Waals surface area contributed by atoms with Crippen molar-refractivity contribution in [1.82, 2.24) is 0 Å². The number of carbonyl (C=O) groups is 1. The number of halogens is 1. The van der Waals surface area contributed by atoms with E-state index in [1.807, 2.05) is 4.90 Å². The summed E-state index contributed by atoms with van der Waals surface area (Å²) in [5, 5.41) is 3.12. The molecule has 1 aliphatic rings. The summed E-state index contributed by atoms with van der Waals surface area (Å²) in [4.78, 5) is 14.3. The number of para-hydroxylation sites is 1. The normalized spacial score (nSPS) is 14.5. The molecule has 2 aromatic carbocycles. The average Bonchev–Trinajstić information content (AvgIpc) is 2.74. The van der Waals surface area contributed by atoms with Gasteiger partial charge in [-0.25, -0.2) is 8.42 Å². The van der Waals surface area contributed by atoms with Gasteiger partial charge >= 0.3 is 0 Å².